The summed E-state index contributed by atoms with van der Waals surface area (Å²) in [4.78, 5) is 17.4. The Bertz CT molecular complexity index is 355. The molecule has 0 aliphatic carbocycles. The van der Waals surface area contributed by atoms with Gasteiger partial charge < -0.3 is 9.64 Å². The standard InChI is InChI=1S/C17H30N2O2/c1-2-18-11-3-7-15(18)16-8-4-12-19(16)17(20)10-9-14-6-5-13-21-14/h14-16H,2-13H2,1H3/t14-,15+,16-/m0/s1. The fourth-order valence-corrected chi connectivity index (χ4v) is 4.48. The van der Waals surface area contributed by atoms with Crippen LogP contribution in [-0.4, -0.2) is 60.1 Å². The fraction of sp³-hybridized carbons (Fsp3) is 0.941. The van der Waals surface area contributed by atoms with E-state index in [0.29, 0.717) is 30.5 Å². The van der Waals surface area contributed by atoms with E-state index in [1.54, 1.807) is 0 Å². The third-order valence-electron chi connectivity index (χ3n) is 5.59. The maximum absolute atomic E-state index is 12.6. The molecular formula is C17H30N2O2. The summed E-state index contributed by atoms with van der Waals surface area (Å²) >= 11 is 0. The van der Waals surface area contributed by atoms with Crippen molar-refractivity contribution >= 4 is 5.91 Å². The number of likely N-dealkylation sites (N-methyl/N-ethyl adjacent to an activating group) is 1. The molecule has 4 heteroatoms. The Kier molecular flexibility index (Phi) is 5.17. The van der Waals surface area contributed by atoms with E-state index >= 15 is 0 Å². The van der Waals surface area contributed by atoms with Crippen LogP contribution in [0.1, 0.15) is 58.3 Å². The average molecular weight is 294 g/mol. The van der Waals surface area contributed by atoms with E-state index in [1.165, 1.54) is 38.6 Å². The number of hydrogen-bond donors (Lipinski definition) is 0. The number of carbonyl (C=O) groups is 1. The summed E-state index contributed by atoms with van der Waals surface area (Å²) in [5.41, 5.74) is 0. The average Bonchev–Trinajstić information content (AvgIpc) is 3.23. The molecule has 0 aromatic carbocycles. The van der Waals surface area contributed by atoms with Crippen LogP contribution in [-0.2, 0) is 9.53 Å². The number of carbonyl (C=O) groups excluding carboxylic acids is 1. The molecular weight excluding hydrogens is 264 g/mol. The first-order valence-corrected chi connectivity index (χ1v) is 8.94. The van der Waals surface area contributed by atoms with Gasteiger partial charge in [-0.25, -0.2) is 0 Å². The Morgan fingerprint density at radius 2 is 1.90 bits per heavy atom. The van der Waals surface area contributed by atoms with Crippen LogP contribution in [0.25, 0.3) is 0 Å². The molecule has 3 atom stereocenters. The van der Waals surface area contributed by atoms with Gasteiger partial charge in [0.1, 0.15) is 0 Å². The summed E-state index contributed by atoms with van der Waals surface area (Å²) in [6.07, 6.45) is 9.21. The monoisotopic (exact) mass is 294 g/mol. The van der Waals surface area contributed by atoms with E-state index in [2.05, 4.69) is 16.7 Å². The number of likely N-dealkylation sites (tertiary alicyclic amines) is 2. The lowest BCUT2D eigenvalue weighted by atomic mass is 10.0. The second kappa shape index (κ2) is 7.10. The third-order valence-corrected chi connectivity index (χ3v) is 5.59. The fourth-order valence-electron chi connectivity index (χ4n) is 4.48. The molecule has 120 valence electrons. The van der Waals surface area contributed by atoms with Crippen LogP contribution in [0.5, 0.6) is 0 Å². The molecule has 21 heavy (non-hydrogen) atoms. The lowest BCUT2D eigenvalue weighted by Crippen LogP contribution is -2.48. The summed E-state index contributed by atoms with van der Waals surface area (Å²) < 4.78 is 5.65. The topological polar surface area (TPSA) is 32.8 Å². The van der Waals surface area contributed by atoms with E-state index in [9.17, 15) is 4.79 Å². The quantitative estimate of drug-likeness (QED) is 0.780. The van der Waals surface area contributed by atoms with Gasteiger partial charge in [-0.2, -0.15) is 0 Å². The largest absolute Gasteiger partial charge is 0.378 e. The lowest BCUT2D eigenvalue weighted by Gasteiger charge is -2.34. The van der Waals surface area contributed by atoms with E-state index in [4.69, 9.17) is 4.74 Å². The molecule has 0 spiro atoms. The number of nitrogens with zero attached hydrogens (tertiary/aromatic N) is 2. The van der Waals surface area contributed by atoms with Gasteiger partial charge in [-0.05, 0) is 58.0 Å². The van der Waals surface area contributed by atoms with Gasteiger partial charge in [0, 0.05) is 31.7 Å². The van der Waals surface area contributed by atoms with Crippen molar-refractivity contribution in [2.24, 2.45) is 0 Å². The lowest BCUT2D eigenvalue weighted by molar-refractivity contribution is -0.133. The zero-order chi connectivity index (χ0) is 14.7. The highest BCUT2D eigenvalue weighted by Gasteiger charge is 2.38. The van der Waals surface area contributed by atoms with Crippen molar-refractivity contribution in [2.75, 3.05) is 26.2 Å². The second-order valence-electron chi connectivity index (χ2n) is 6.81. The molecule has 1 amide bonds. The van der Waals surface area contributed by atoms with Crippen molar-refractivity contribution in [1.82, 2.24) is 9.80 Å². The van der Waals surface area contributed by atoms with Gasteiger partial charge in [-0.3, -0.25) is 9.69 Å². The molecule has 3 heterocycles. The minimum absolute atomic E-state index is 0.341. The maximum atomic E-state index is 12.6. The number of amides is 1. The van der Waals surface area contributed by atoms with Crippen LogP contribution in [0.4, 0.5) is 0 Å². The first-order valence-electron chi connectivity index (χ1n) is 8.94. The van der Waals surface area contributed by atoms with Gasteiger partial charge in [0.25, 0.3) is 0 Å². The first-order chi connectivity index (χ1) is 10.3. The third kappa shape index (κ3) is 3.42. The Morgan fingerprint density at radius 1 is 1.10 bits per heavy atom. The molecule has 3 aliphatic rings. The molecule has 0 N–H and O–H groups in total. The highest BCUT2D eigenvalue weighted by molar-refractivity contribution is 5.77. The molecule has 4 nitrogen and oxygen atoms in total. The van der Waals surface area contributed by atoms with E-state index in [0.717, 1.165) is 32.5 Å². The molecule has 0 unspecified atom stereocenters. The maximum Gasteiger partial charge on any atom is 0.222 e. The van der Waals surface area contributed by atoms with Crippen molar-refractivity contribution in [1.29, 1.82) is 0 Å². The van der Waals surface area contributed by atoms with Crippen molar-refractivity contribution in [3.8, 4) is 0 Å². The highest BCUT2D eigenvalue weighted by atomic mass is 16.5. The molecule has 3 fully saturated rings. The summed E-state index contributed by atoms with van der Waals surface area (Å²) in [5.74, 6) is 0.371. The van der Waals surface area contributed by atoms with Gasteiger partial charge in [-0.1, -0.05) is 6.92 Å². The minimum Gasteiger partial charge on any atom is -0.378 e. The molecule has 0 saturated carbocycles. The van der Waals surface area contributed by atoms with Gasteiger partial charge >= 0.3 is 0 Å². The summed E-state index contributed by atoms with van der Waals surface area (Å²) in [7, 11) is 0. The van der Waals surface area contributed by atoms with E-state index < -0.39 is 0 Å². The zero-order valence-corrected chi connectivity index (χ0v) is 13.4. The van der Waals surface area contributed by atoms with Crippen LogP contribution in [0.3, 0.4) is 0 Å². The Labute approximate surface area is 128 Å². The predicted molar refractivity (Wildman–Crippen MR) is 83.2 cm³/mol. The summed E-state index contributed by atoms with van der Waals surface area (Å²) in [6, 6.07) is 1.09. The number of ether oxygens (including phenoxy) is 1. The van der Waals surface area contributed by atoms with Crippen molar-refractivity contribution in [2.45, 2.75) is 76.5 Å². The van der Waals surface area contributed by atoms with Crippen LogP contribution >= 0.6 is 0 Å². The van der Waals surface area contributed by atoms with Gasteiger partial charge in [0.2, 0.25) is 5.91 Å². The van der Waals surface area contributed by atoms with Crippen LogP contribution in [0.2, 0.25) is 0 Å². The number of rotatable bonds is 5. The molecule has 0 radical (unpaired) electrons. The highest BCUT2D eigenvalue weighted by Crippen LogP contribution is 2.30. The smallest absolute Gasteiger partial charge is 0.222 e. The minimum atomic E-state index is 0.341. The molecule has 3 aliphatic heterocycles. The van der Waals surface area contributed by atoms with E-state index in [1.807, 2.05) is 0 Å². The Morgan fingerprint density at radius 3 is 2.67 bits per heavy atom. The molecule has 3 rings (SSSR count). The van der Waals surface area contributed by atoms with Gasteiger partial charge in [-0.15, -0.1) is 0 Å². The van der Waals surface area contributed by atoms with Crippen molar-refractivity contribution in [3.05, 3.63) is 0 Å². The Hall–Kier alpha value is -0.610. The van der Waals surface area contributed by atoms with Crippen molar-refractivity contribution in [3.63, 3.8) is 0 Å². The predicted octanol–water partition coefficient (Wildman–Crippen LogP) is 2.42. The molecule has 0 aromatic rings. The molecule has 3 saturated heterocycles. The number of hydrogen-bond acceptors (Lipinski definition) is 3. The van der Waals surface area contributed by atoms with Gasteiger partial charge in [0.15, 0.2) is 0 Å². The van der Waals surface area contributed by atoms with E-state index in [-0.39, 0.29) is 0 Å². The van der Waals surface area contributed by atoms with Crippen LogP contribution in [0, 0.1) is 0 Å². The van der Waals surface area contributed by atoms with Crippen LogP contribution < -0.4 is 0 Å². The molecule has 0 bridgehead atoms. The second-order valence-corrected chi connectivity index (χ2v) is 6.81. The first kappa shape index (κ1) is 15.3. The van der Waals surface area contributed by atoms with Crippen molar-refractivity contribution < 1.29 is 9.53 Å². The summed E-state index contributed by atoms with van der Waals surface area (Å²) in [6.45, 7) is 6.45. The SMILES string of the molecule is CCN1CCC[C@@H]1[C@@H]1CCCN1C(=O)CC[C@@H]1CCCO1. The molecule has 0 aromatic heterocycles. The Balaban J connectivity index is 1.54. The zero-order valence-electron chi connectivity index (χ0n) is 13.4. The summed E-state index contributed by atoms with van der Waals surface area (Å²) in [5, 5.41) is 0. The van der Waals surface area contributed by atoms with Crippen LogP contribution in [0.15, 0.2) is 0 Å². The van der Waals surface area contributed by atoms with Gasteiger partial charge in [0.05, 0.1) is 6.10 Å². The normalized spacial score (nSPS) is 34.0.